The Morgan fingerprint density at radius 2 is 1.23 bits per heavy atom. The Kier molecular flexibility index (Phi) is 13.2. The Morgan fingerprint density at radius 3 is 1.93 bits per heavy atom. The van der Waals surface area contributed by atoms with Crippen LogP contribution in [0.1, 0.15) is 110 Å². The van der Waals surface area contributed by atoms with Crippen LogP contribution in [0.3, 0.4) is 0 Å². The zero-order chi connectivity index (χ0) is 28.8. The van der Waals surface area contributed by atoms with Crippen molar-refractivity contribution in [2.24, 2.45) is 5.41 Å². The highest BCUT2D eigenvalue weighted by Gasteiger charge is 2.17. The number of benzene rings is 3. The van der Waals surface area contributed by atoms with Gasteiger partial charge in [-0.2, -0.15) is 0 Å². The molecule has 3 heteroatoms. The summed E-state index contributed by atoms with van der Waals surface area (Å²) in [6, 6.07) is 19.1. The first-order chi connectivity index (χ1) is 19.3. The lowest BCUT2D eigenvalue weighted by atomic mass is 9.89. The molecule has 3 aromatic carbocycles. The van der Waals surface area contributed by atoms with E-state index in [1.807, 2.05) is 48.5 Å². The highest BCUT2D eigenvalue weighted by molar-refractivity contribution is 5.84. The van der Waals surface area contributed by atoms with E-state index in [2.05, 4.69) is 27.7 Å². The normalized spacial score (nSPS) is 11.7. The van der Waals surface area contributed by atoms with Gasteiger partial charge in [-0.15, -0.1) is 0 Å². The van der Waals surface area contributed by atoms with Crippen molar-refractivity contribution in [1.29, 1.82) is 0 Å². The summed E-state index contributed by atoms with van der Waals surface area (Å²) in [6.07, 6.45) is 14.7. The second-order valence-corrected chi connectivity index (χ2v) is 12.4. The van der Waals surface area contributed by atoms with Crippen molar-refractivity contribution >= 4 is 0 Å². The summed E-state index contributed by atoms with van der Waals surface area (Å²) < 4.78 is 36.4. The predicted octanol–water partition coefficient (Wildman–Crippen LogP) is 12.0. The summed E-state index contributed by atoms with van der Waals surface area (Å²) in [5.74, 6) is -0.626. The Balaban J connectivity index is 1.58. The zero-order valence-corrected chi connectivity index (χ0v) is 25.3. The molecule has 0 unspecified atom stereocenters. The lowest BCUT2D eigenvalue weighted by molar-refractivity contribution is 0.300. The van der Waals surface area contributed by atoms with Gasteiger partial charge < -0.3 is 4.74 Å². The van der Waals surface area contributed by atoms with Crippen LogP contribution < -0.4 is 4.74 Å². The molecule has 218 valence electrons. The Hall–Kier alpha value is -2.68. The van der Waals surface area contributed by atoms with E-state index >= 15 is 8.78 Å². The summed E-state index contributed by atoms with van der Waals surface area (Å²) in [5, 5.41) is 0. The minimum absolute atomic E-state index is 0.309. The number of halogens is 2. The SMILES string of the molecule is CCCCCCCCCc1ccc(-c2ccccc2-c2ccc(OCCCCCCC(C)(C)C)cc2)c(F)c1F. The molecule has 1 nitrogen and oxygen atoms in total. The smallest absolute Gasteiger partial charge is 0.166 e. The van der Waals surface area contributed by atoms with Crippen molar-refractivity contribution in [3.8, 4) is 28.0 Å². The van der Waals surface area contributed by atoms with E-state index in [1.54, 1.807) is 12.1 Å². The third kappa shape index (κ3) is 10.4. The van der Waals surface area contributed by atoms with E-state index in [1.165, 1.54) is 51.4 Å². The maximum absolute atomic E-state index is 15.3. The van der Waals surface area contributed by atoms with Crippen molar-refractivity contribution in [2.45, 2.75) is 111 Å². The van der Waals surface area contributed by atoms with E-state index in [-0.39, 0.29) is 0 Å². The number of rotatable bonds is 17. The van der Waals surface area contributed by atoms with Crippen LogP contribution in [-0.4, -0.2) is 6.61 Å². The lowest BCUT2D eigenvalue weighted by Crippen LogP contribution is -2.04. The zero-order valence-electron chi connectivity index (χ0n) is 25.3. The first-order valence-corrected chi connectivity index (χ1v) is 15.6. The second kappa shape index (κ2) is 16.6. The largest absolute Gasteiger partial charge is 0.494 e. The third-order valence-corrected chi connectivity index (χ3v) is 7.68. The lowest BCUT2D eigenvalue weighted by Gasteiger charge is -2.17. The summed E-state index contributed by atoms with van der Waals surface area (Å²) >= 11 is 0. The van der Waals surface area contributed by atoms with Gasteiger partial charge in [0.1, 0.15) is 5.75 Å². The van der Waals surface area contributed by atoms with Crippen molar-refractivity contribution in [1.82, 2.24) is 0 Å². The van der Waals surface area contributed by atoms with Gasteiger partial charge in [0.15, 0.2) is 11.6 Å². The highest BCUT2D eigenvalue weighted by atomic mass is 19.2. The van der Waals surface area contributed by atoms with Crippen molar-refractivity contribution in [3.05, 3.63) is 77.9 Å². The van der Waals surface area contributed by atoms with E-state index in [0.717, 1.165) is 42.6 Å². The molecule has 0 saturated carbocycles. The van der Waals surface area contributed by atoms with Gasteiger partial charge in [0, 0.05) is 5.56 Å². The molecule has 0 aliphatic carbocycles. The van der Waals surface area contributed by atoms with Gasteiger partial charge in [-0.1, -0.05) is 134 Å². The van der Waals surface area contributed by atoms with Crippen LogP contribution in [0.2, 0.25) is 0 Å². The maximum Gasteiger partial charge on any atom is 0.166 e. The molecule has 0 N–H and O–H groups in total. The van der Waals surface area contributed by atoms with Crippen LogP contribution in [0, 0.1) is 17.0 Å². The van der Waals surface area contributed by atoms with Gasteiger partial charge in [0.25, 0.3) is 0 Å². The fourth-order valence-electron chi connectivity index (χ4n) is 5.26. The van der Waals surface area contributed by atoms with Crippen LogP contribution in [-0.2, 0) is 6.42 Å². The van der Waals surface area contributed by atoms with E-state index < -0.39 is 11.6 Å². The number of ether oxygens (including phenoxy) is 1. The molecule has 0 atom stereocenters. The molecule has 0 spiro atoms. The highest BCUT2D eigenvalue weighted by Crippen LogP contribution is 2.36. The molecule has 0 bridgehead atoms. The van der Waals surface area contributed by atoms with Crippen LogP contribution in [0.4, 0.5) is 8.78 Å². The molecule has 0 aromatic heterocycles. The van der Waals surface area contributed by atoms with Gasteiger partial charge in [0.05, 0.1) is 6.61 Å². The van der Waals surface area contributed by atoms with Crippen LogP contribution in [0.5, 0.6) is 5.75 Å². The van der Waals surface area contributed by atoms with Crippen LogP contribution in [0.25, 0.3) is 22.3 Å². The fraction of sp³-hybridized carbons (Fsp3) is 0.514. The standard InChI is InChI=1S/C37H50F2O/c1-5-6-7-8-9-10-13-18-30-23-26-34(36(39)35(30)38)33-20-15-14-19-32(33)29-21-24-31(25-22-29)40-28-17-12-11-16-27-37(2,3)4/h14-15,19-26H,5-13,16-18,27-28H2,1-4H3. The molecule has 0 heterocycles. The van der Waals surface area contributed by atoms with Crippen molar-refractivity contribution < 1.29 is 13.5 Å². The Bertz CT molecular complexity index is 1140. The summed E-state index contributed by atoms with van der Waals surface area (Å²) in [4.78, 5) is 0. The second-order valence-electron chi connectivity index (χ2n) is 12.4. The quantitative estimate of drug-likeness (QED) is 0.152. The fourth-order valence-corrected chi connectivity index (χ4v) is 5.26. The molecular weight excluding hydrogens is 498 g/mol. The molecule has 3 aromatic rings. The number of aryl methyl sites for hydroxylation is 1. The first-order valence-electron chi connectivity index (χ1n) is 15.6. The summed E-state index contributed by atoms with van der Waals surface area (Å²) in [5.41, 5.74) is 3.73. The molecule has 0 saturated heterocycles. The monoisotopic (exact) mass is 548 g/mol. The molecule has 40 heavy (non-hydrogen) atoms. The van der Waals surface area contributed by atoms with Crippen molar-refractivity contribution in [2.75, 3.05) is 6.61 Å². The van der Waals surface area contributed by atoms with Gasteiger partial charge in [-0.05, 0) is 65.5 Å². The maximum atomic E-state index is 15.3. The van der Waals surface area contributed by atoms with E-state index in [0.29, 0.717) is 35.1 Å². The van der Waals surface area contributed by atoms with E-state index in [9.17, 15) is 0 Å². The molecule has 0 aliphatic rings. The van der Waals surface area contributed by atoms with Crippen LogP contribution >= 0.6 is 0 Å². The minimum Gasteiger partial charge on any atom is -0.494 e. The molecule has 0 fully saturated rings. The molecule has 0 amide bonds. The first kappa shape index (κ1) is 31.8. The van der Waals surface area contributed by atoms with Gasteiger partial charge in [-0.3, -0.25) is 0 Å². The number of unbranched alkanes of at least 4 members (excludes halogenated alkanes) is 9. The van der Waals surface area contributed by atoms with Gasteiger partial charge in [0.2, 0.25) is 0 Å². The molecule has 3 rings (SSSR count). The predicted molar refractivity (Wildman–Crippen MR) is 167 cm³/mol. The average Bonchev–Trinajstić information content (AvgIpc) is 2.94. The average molecular weight is 549 g/mol. The Morgan fingerprint density at radius 1 is 0.600 bits per heavy atom. The van der Waals surface area contributed by atoms with E-state index in [4.69, 9.17) is 4.74 Å². The number of hydrogen-bond acceptors (Lipinski definition) is 1. The summed E-state index contributed by atoms with van der Waals surface area (Å²) in [7, 11) is 0. The van der Waals surface area contributed by atoms with Gasteiger partial charge in [-0.25, -0.2) is 8.78 Å². The minimum atomic E-state index is -0.754. The molecule has 0 aliphatic heterocycles. The Labute approximate surface area is 242 Å². The molecule has 0 radical (unpaired) electrons. The van der Waals surface area contributed by atoms with Gasteiger partial charge >= 0.3 is 0 Å². The number of hydrogen-bond donors (Lipinski definition) is 0. The van der Waals surface area contributed by atoms with Crippen LogP contribution in [0.15, 0.2) is 60.7 Å². The molecular formula is C37H50F2O. The summed E-state index contributed by atoms with van der Waals surface area (Å²) in [6.45, 7) is 9.80. The van der Waals surface area contributed by atoms with Crippen molar-refractivity contribution in [3.63, 3.8) is 0 Å². The third-order valence-electron chi connectivity index (χ3n) is 7.68. The topological polar surface area (TPSA) is 9.23 Å².